The van der Waals surface area contributed by atoms with Crippen LogP contribution in [0.2, 0.25) is 0 Å². The van der Waals surface area contributed by atoms with Gasteiger partial charge in [-0.15, -0.1) is 0 Å². The van der Waals surface area contributed by atoms with Crippen LogP contribution in [0, 0.1) is 11.8 Å². The fourth-order valence-corrected chi connectivity index (χ4v) is 4.07. The average Bonchev–Trinajstić information content (AvgIpc) is 3.09. The number of halogens is 2. The first-order chi connectivity index (χ1) is 8.79. The molecule has 1 aliphatic rings. The molecular weight excluding hydrogens is 354 g/mol. The summed E-state index contributed by atoms with van der Waals surface area (Å²) in [6, 6.07) is 4.42. The molecule has 0 saturated heterocycles. The van der Waals surface area contributed by atoms with Crippen LogP contribution in [-0.2, 0) is 13.8 Å². The van der Waals surface area contributed by atoms with Gasteiger partial charge >= 0.3 is 0 Å². The third-order valence-corrected chi connectivity index (χ3v) is 5.50. The first-order valence-electron chi connectivity index (χ1n) is 5.84. The summed E-state index contributed by atoms with van der Waals surface area (Å²) < 4.78 is 22.8. The Hall–Kier alpha value is -0.590. The van der Waals surface area contributed by atoms with Gasteiger partial charge in [0.15, 0.2) is 0 Å². The third kappa shape index (κ3) is 3.70. The van der Waals surface area contributed by atoms with Crippen molar-refractivity contribution in [2.75, 3.05) is 5.32 Å². The van der Waals surface area contributed by atoms with E-state index in [0.29, 0.717) is 16.1 Å². The number of carbonyl (C=O) groups excluding carboxylic acids is 1. The maximum Gasteiger partial charge on any atom is 0.262 e. The molecule has 0 aromatic heterocycles. The normalized spacial score (nSPS) is 17.0. The van der Waals surface area contributed by atoms with Gasteiger partial charge in [0, 0.05) is 26.8 Å². The number of amides is 1. The van der Waals surface area contributed by atoms with Crippen molar-refractivity contribution in [2.45, 2.75) is 24.7 Å². The van der Waals surface area contributed by atoms with Gasteiger partial charge < -0.3 is 5.32 Å². The molecule has 0 radical (unpaired) electrons. The maximum absolute atomic E-state index is 11.9. The Labute approximate surface area is 125 Å². The fourth-order valence-electron chi connectivity index (χ4n) is 1.84. The quantitative estimate of drug-likeness (QED) is 0.831. The second-order valence-corrected chi connectivity index (χ2v) is 8.09. The highest BCUT2D eigenvalue weighted by molar-refractivity contribution is 9.10. The highest BCUT2D eigenvalue weighted by Crippen LogP contribution is 2.37. The van der Waals surface area contributed by atoms with E-state index < -0.39 is 9.05 Å². The van der Waals surface area contributed by atoms with Crippen LogP contribution in [0.1, 0.15) is 19.8 Å². The van der Waals surface area contributed by atoms with E-state index in [2.05, 4.69) is 21.2 Å². The molecule has 19 heavy (non-hydrogen) atoms. The largest absolute Gasteiger partial charge is 0.326 e. The zero-order valence-electron chi connectivity index (χ0n) is 10.2. The number of anilines is 1. The molecule has 2 rings (SSSR count). The topological polar surface area (TPSA) is 63.2 Å². The SMILES string of the molecule is CC(C(=O)Nc1ccc(S(=O)(=O)Cl)c(Br)c1)C1CC1. The van der Waals surface area contributed by atoms with Gasteiger partial charge in [0.2, 0.25) is 5.91 Å². The molecule has 0 bridgehead atoms. The fraction of sp³-hybridized carbons (Fsp3) is 0.417. The molecule has 104 valence electrons. The van der Waals surface area contributed by atoms with Gasteiger partial charge in [-0.25, -0.2) is 8.42 Å². The lowest BCUT2D eigenvalue weighted by Crippen LogP contribution is -2.21. The molecule has 7 heteroatoms. The van der Waals surface area contributed by atoms with Crippen molar-refractivity contribution in [1.82, 2.24) is 0 Å². The molecule has 0 spiro atoms. The van der Waals surface area contributed by atoms with Gasteiger partial charge in [0.1, 0.15) is 0 Å². The summed E-state index contributed by atoms with van der Waals surface area (Å²) in [6.45, 7) is 1.90. The molecule has 1 atom stereocenters. The summed E-state index contributed by atoms with van der Waals surface area (Å²) in [5.41, 5.74) is 0.549. The average molecular weight is 367 g/mol. The zero-order valence-corrected chi connectivity index (χ0v) is 13.3. The van der Waals surface area contributed by atoms with Crippen molar-refractivity contribution in [1.29, 1.82) is 0 Å². The second-order valence-electron chi connectivity index (χ2n) is 4.70. The Morgan fingerprint density at radius 1 is 1.47 bits per heavy atom. The van der Waals surface area contributed by atoms with E-state index in [1.807, 2.05) is 6.92 Å². The monoisotopic (exact) mass is 365 g/mol. The van der Waals surface area contributed by atoms with Gasteiger partial charge in [-0.3, -0.25) is 4.79 Å². The summed E-state index contributed by atoms with van der Waals surface area (Å²) in [7, 11) is 1.49. The molecule has 1 aromatic rings. The van der Waals surface area contributed by atoms with E-state index in [1.165, 1.54) is 18.2 Å². The summed E-state index contributed by atoms with van der Waals surface area (Å²) in [6.07, 6.45) is 2.20. The van der Waals surface area contributed by atoms with Crippen molar-refractivity contribution in [2.24, 2.45) is 11.8 Å². The predicted molar refractivity (Wildman–Crippen MR) is 77.7 cm³/mol. The lowest BCUT2D eigenvalue weighted by atomic mass is 10.1. The first-order valence-corrected chi connectivity index (χ1v) is 8.94. The molecule has 1 fully saturated rings. The van der Waals surface area contributed by atoms with Crippen LogP contribution in [0.4, 0.5) is 5.69 Å². The number of nitrogens with one attached hydrogen (secondary N) is 1. The van der Waals surface area contributed by atoms with Crippen LogP contribution >= 0.6 is 26.6 Å². The van der Waals surface area contributed by atoms with Crippen molar-refractivity contribution < 1.29 is 13.2 Å². The summed E-state index contributed by atoms with van der Waals surface area (Å²) >= 11 is 3.14. The minimum absolute atomic E-state index is 0.0117. The van der Waals surface area contributed by atoms with Gasteiger partial charge in [-0.2, -0.15) is 0 Å². The smallest absolute Gasteiger partial charge is 0.262 e. The van der Waals surface area contributed by atoms with E-state index in [-0.39, 0.29) is 16.7 Å². The molecule has 1 unspecified atom stereocenters. The molecule has 4 nitrogen and oxygen atoms in total. The predicted octanol–water partition coefficient (Wildman–Crippen LogP) is 3.36. The number of hydrogen-bond donors (Lipinski definition) is 1. The van der Waals surface area contributed by atoms with Crippen LogP contribution in [0.5, 0.6) is 0 Å². The number of carbonyl (C=O) groups is 1. The van der Waals surface area contributed by atoms with Crippen molar-refractivity contribution in [3.8, 4) is 0 Å². The van der Waals surface area contributed by atoms with Crippen LogP contribution in [-0.4, -0.2) is 14.3 Å². The Kier molecular flexibility index (Phi) is 4.23. The van der Waals surface area contributed by atoms with Gasteiger partial charge in [-0.1, -0.05) is 6.92 Å². The summed E-state index contributed by atoms with van der Waals surface area (Å²) in [4.78, 5) is 11.9. The Bertz CT molecular complexity index is 613. The molecule has 1 N–H and O–H groups in total. The highest BCUT2D eigenvalue weighted by Gasteiger charge is 2.32. The summed E-state index contributed by atoms with van der Waals surface area (Å²) in [5.74, 6) is 0.414. The third-order valence-electron chi connectivity index (χ3n) is 3.20. The Balaban J connectivity index is 2.14. The van der Waals surface area contributed by atoms with E-state index in [0.717, 1.165) is 12.8 Å². The maximum atomic E-state index is 11.9. The number of benzene rings is 1. The van der Waals surface area contributed by atoms with Gasteiger partial charge in [-0.05, 0) is 52.9 Å². The van der Waals surface area contributed by atoms with E-state index in [1.54, 1.807) is 0 Å². The van der Waals surface area contributed by atoms with Crippen LogP contribution in [0.25, 0.3) is 0 Å². The molecule has 1 aliphatic carbocycles. The van der Waals surface area contributed by atoms with E-state index in [9.17, 15) is 13.2 Å². The molecule has 0 aliphatic heterocycles. The van der Waals surface area contributed by atoms with Gasteiger partial charge in [0.05, 0.1) is 4.90 Å². The molecule has 0 heterocycles. The Morgan fingerprint density at radius 2 is 2.11 bits per heavy atom. The van der Waals surface area contributed by atoms with Crippen LogP contribution in [0.3, 0.4) is 0 Å². The van der Waals surface area contributed by atoms with E-state index in [4.69, 9.17) is 10.7 Å². The van der Waals surface area contributed by atoms with Crippen LogP contribution in [0.15, 0.2) is 27.6 Å². The molecule has 1 saturated carbocycles. The van der Waals surface area contributed by atoms with Crippen molar-refractivity contribution in [3.05, 3.63) is 22.7 Å². The Morgan fingerprint density at radius 3 is 2.58 bits per heavy atom. The lowest BCUT2D eigenvalue weighted by molar-refractivity contribution is -0.119. The number of rotatable bonds is 4. The van der Waals surface area contributed by atoms with Crippen LogP contribution < -0.4 is 5.32 Å². The van der Waals surface area contributed by atoms with E-state index >= 15 is 0 Å². The highest BCUT2D eigenvalue weighted by atomic mass is 79.9. The standard InChI is InChI=1S/C12H13BrClNO3S/c1-7(8-2-3-8)12(16)15-9-4-5-11(10(13)6-9)19(14,17)18/h4-8H,2-3H2,1H3,(H,15,16). The molecule has 1 aromatic carbocycles. The molecular formula is C12H13BrClNO3S. The lowest BCUT2D eigenvalue weighted by Gasteiger charge is -2.12. The zero-order chi connectivity index (χ0) is 14.2. The minimum Gasteiger partial charge on any atom is -0.326 e. The van der Waals surface area contributed by atoms with Crippen molar-refractivity contribution in [3.63, 3.8) is 0 Å². The van der Waals surface area contributed by atoms with Crippen molar-refractivity contribution >= 4 is 47.3 Å². The minimum atomic E-state index is -3.79. The summed E-state index contributed by atoms with van der Waals surface area (Å²) in [5, 5.41) is 2.78. The van der Waals surface area contributed by atoms with Gasteiger partial charge in [0.25, 0.3) is 9.05 Å². The first kappa shape index (κ1) is 14.8. The molecule has 1 amide bonds. The number of hydrogen-bond acceptors (Lipinski definition) is 3. The second kappa shape index (κ2) is 5.42.